The van der Waals surface area contributed by atoms with Crippen LogP contribution in [0.5, 0.6) is 0 Å². The van der Waals surface area contributed by atoms with Gasteiger partial charge in [0.05, 0.1) is 6.54 Å². The second-order valence-corrected chi connectivity index (χ2v) is 8.55. The number of imidazole rings is 1. The molecule has 138 valence electrons. The van der Waals surface area contributed by atoms with Gasteiger partial charge in [-0.25, -0.2) is 9.78 Å². The van der Waals surface area contributed by atoms with Crippen LogP contribution >= 0.6 is 34.7 Å². The number of aryl methyl sites for hydroxylation is 2. The highest BCUT2D eigenvalue weighted by atomic mass is 35.5. The first-order chi connectivity index (χ1) is 12.9. The van der Waals surface area contributed by atoms with Gasteiger partial charge < -0.3 is 4.57 Å². The zero-order valence-electron chi connectivity index (χ0n) is 14.3. The maximum atomic E-state index is 12.5. The third-order valence-corrected chi connectivity index (χ3v) is 6.20. The van der Waals surface area contributed by atoms with Crippen LogP contribution in [0.1, 0.15) is 10.6 Å². The average molecular weight is 421 g/mol. The summed E-state index contributed by atoms with van der Waals surface area (Å²) in [5.41, 5.74) is 0.438. The molecule has 3 heterocycles. The van der Waals surface area contributed by atoms with Crippen molar-refractivity contribution in [1.82, 2.24) is 29.3 Å². The molecule has 0 bridgehead atoms. The summed E-state index contributed by atoms with van der Waals surface area (Å²) in [6.45, 7) is 2.19. The minimum absolute atomic E-state index is 0.305. The third kappa shape index (κ3) is 3.31. The van der Waals surface area contributed by atoms with E-state index in [1.54, 1.807) is 17.7 Å². The molecule has 0 saturated carbocycles. The molecule has 0 aliphatic heterocycles. The first-order valence-electron chi connectivity index (χ1n) is 7.85. The van der Waals surface area contributed by atoms with Gasteiger partial charge in [-0.05, 0) is 30.3 Å². The number of fused-ring (bicyclic) bond motifs is 1. The van der Waals surface area contributed by atoms with Gasteiger partial charge in [0.1, 0.15) is 5.01 Å². The van der Waals surface area contributed by atoms with Gasteiger partial charge in [-0.1, -0.05) is 41.1 Å². The third-order valence-electron chi connectivity index (χ3n) is 3.94. The van der Waals surface area contributed by atoms with Crippen LogP contribution in [0, 0.1) is 6.92 Å². The number of aromatic amines is 1. The predicted molar refractivity (Wildman–Crippen MR) is 105 cm³/mol. The Hall–Kier alpha value is -2.43. The molecule has 0 fully saturated rings. The molecule has 0 amide bonds. The molecule has 3 aromatic heterocycles. The fraction of sp³-hybridized carbons (Fsp3) is 0.188. The van der Waals surface area contributed by atoms with E-state index in [0.29, 0.717) is 32.2 Å². The molecular weight excluding hydrogens is 408 g/mol. The van der Waals surface area contributed by atoms with Crippen molar-refractivity contribution in [2.24, 2.45) is 7.05 Å². The summed E-state index contributed by atoms with van der Waals surface area (Å²) in [5, 5.41) is 10.1. The van der Waals surface area contributed by atoms with Crippen LogP contribution in [0.15, 0.2) is 43.4 Å². The molecular formula is C16H13ClN6O2S2. The maximum absolute atomic E-state index is 12.5. The topological polar surface area (TPSA) is 98.5 Å². The minimum Gasteiger partial charge on any atom is -0.308 e. The van der Waals surface area contributed by atoms with Crippen LogP contribution in [0.25, 0.3) is 11.2 Å². The van der Waals surface area contributed by atoms with Crippen LogP contribution < -0.4 is 11.2 Å². The summed E-state index contributed by atoms with van der Waals surface area (Å²) in [4.78, 5) is 31.3. The Labute approximate surface area is 165 Å². The lowest BCUT2D eigenvalue weighted by Gasteiger charge is -2.09. The summed E-state index contributed by atoms with van der Waals surface area (Å²) >= 11 is 9.03. The van der Waals surface area contributed by atoms with E-state index in [-0.39, 0.29) is 0 Å². The summed E-state index contributed by atoms with van der Waals surface area (Å²) in [5.74, 6) is 0. The average Bonchev–Trinajstić information content (AvgIpc) is 3.19. The number of aromatic nitrogens is 6. The number of halogens is 1. The molecule has 4 rings (SSSR count). The van der Waals surface area contributed by atoms with E-state index >= 15 is 0 Å². The molecule has 11 heteroatoms. The number of H-pyrrole nitrogens is 1. The van der Waals surface area contributed by atoms with Crippen LogP contribution in [-0.4, -0.2) is 29.3 Å². The summed E-state index contributed by atoms with van der Waals surface area (Å²) in [6, 6.07) is 7.39. The second-order valence-electron chi connectivity index (χ2n) is 5.75. The van der Waals surface area contributed by atoms with Gasteiger partial charge in [-0.3, -0.25) is 14.3 Å². The minimum atomic E-state index is -0.516. The zero-order chi connectivity index (χ0) is 19.1. The Morgan fingerprint density at radius 3 is 2.74 bits per heavy atom. The van der Waals surface area contributed by atoms with Crippen molar-refractivity contribution in [2.45, 2.75) is 23.0 Å². The lowest BCUT2D eigenvalue weighted by atomic mass is 10.2. The van der Waals surface area contributed by atoms with Gasteiger partial charge in [0.15, 0.2) is 20.7 Å². The van der Waals surface area contributed by atoms with Crippen molar-refractivity contribution >= 4 is 45.9 Å². The maximum Gasteiger partial charge on any atom is 0.329 e. The quantitative estimate of drug-likeness (QED) is 0.544. The molecule has 0 aliphatic carbocycles. The largest absolute Gasteiger partial charge is 0.329 e. The molecule has 8 nitrogen and oxygen atoms in total. The Kier molecular flexibility index (Phi) is 4.62. The lowest BCUT2D eigenvalue weighted by Crippen LogP contribution is -2.29. The van der Waals surface area contributed by atoms with Crippen molar-refractivity contribution in [1.29, 1.82) is 0 Å². The number of rotatable bonds is 4. The number of nitrogens with one attached hydrogen (secondary N) is 1. The molecule has 0 radical (unpaired) electrons. The summed E-state index contributed by atoms with van der Waals surface area (Å²) in [7, 11) is 1.57. The highest BCUT2D eigenvalue weighted by Crippen LogP contribution is 2.32. The standard InChI is InChI=1S/C16H13ClN6O2S2/c1-8-20-21-16(26-8)27-15-18-12-11(13(24)19-14(25)22(12)2)23(15)7-9-5-3-4-6-10(9)17/h3-6H,7H2,1-2H3,(H,19,24,25). The van der Waals surface area contributed by atoms with E-state index in [1.807, 2.05) is 25.1 Å². The van der Waals surface area contributed by atoms with Crippen LogP contribution in [0.3, 0.4) is 0 Å². The van der Waals surface area contributed by atoms with Crippen molar-refractivity contribution in [3.05, 3.63) is 60.7 Å². The van der Waals surface area contributed by atoms with Crippen LogP contribution in [0.2, 0.25) is 5.02 Å². The van der Waals surface area contributed by atoms with Crippen molar-refractivity contribution in [3.8, 4) is 0 Å². The highest BCUT2D eigenvalue weighted by molar-refractivity contribution is 8.00. The molecule has 0 spiro atoms. The molecule has 0 atom stereocenters. The lowest BCUT2D eigenvalue weighted by molar-refractivity contribution is 0.727. The fourth-order valence-electron chi connectivity index (χ4n) is 2.63. The molecule has 0 aliphatic rings. The Bertz CT molecular complexity index is 1270. The predicted octanol–water partition coefficient (Wildman–Crippen LogP) is 2.44. The molecule has 0 unspecified atom stereocenters. The smallest absolute Gasteiger partial charge is 0.308 e. The number of hydrogen-bond donors (Lipinski definition) is 1. The van der Waals surface area contributed by atoms with E-state index in [2.05, 4.69) is 20.2 Å². The number of hydrogen-bond acceptors (Lipinski definition) is 7. The second kappa shape index (κ2) is 6.95. The van der Waals surface area contributed by atoms with Gasteiger partial charge in [-0.2, -0.15) is 0 Å². The van der Waals surface area contributed by atoms with Gasteiger partial charge in [0.25, 0.3) is 5.56 Å². The molecule has 0 saturated heterocycles. The molecule has 4 aromatic rings. The Morgan fingerprint density at radius 1 is 1.26 bits per heavy atom. The SMILES string of the molecule is Cc1nnc(Sc2nc3c(c(=O)[nH]c(=O)n3C)n2Cc2ccccc2Cl)s1. The highest BCUT2D eigenvalue weighted by Gasteiger charge is 2.20. The van der Waals surface area contributed by atoms with E-state index in [9.17, 15) is 9.59 Å². The van der Waals surface area contributed by atoms with Gasteiger partial charge in [0, 0.05) is 12.1 Å². The van der Waals surface area contributed by atoms with Crippen LogP contribution in [-0.2, 0) is 13.6 Å². The number of benzene rings is 1. The van der Waals surface area contributed by atoms with E-state index in [1.165, 1.54) is 27.7 Å². The van der Waals surface area contributed by atoms with Crippen LogP contribution in [0.4, 0.5) is 0 Å². The van der Waals surface area contributed by atoms with Gasteiger partial charge in [0.2, 0.25) is 0 Å². The van der Waals surface area contributed by atoms with Crippen molar-refractivity contribution in [3.63, 3.8) is 0 Å². The first-order valence-corrected chi connectivity index (χ1v) is 9.86. The Balaban J connectivity index is 1.94. The number of nitrogens with zero attached hydrogens (tertiary/aromatic N) is 5. The molecule has 1 N–H and O–H groups in total. The van der Waals surface area contributed by atoms with Gasteiger partial charge in [-0.15, -0.1) is 10.2 Å². The van der Waals surface area contributed by atoms with Crippen molar-refractivity contribution < 1.29 is 0 Å². The molecule has 27 heavy (non-hydrogen) atoms. The summed E-state index contributed by atoms with van der Waals surface area (Å²) in [6.07, 6.45) is 0. The summed E-state index contributed by atoms with van der Waals surface area (Å²) < 4.78 is 3.76. The Morgan fingerprint density at radius 2 is 2.04 bits per heavy atom. The van der Waals surface area contributed by atoms with E-state index in [0.717, 1.165) is 10.6 Å². The first kappa shape index (κ1) is 18.0. The van der Waals surface area contributed by atoms with Gasteiger partial charge >= 0.3 is 5.69 Å². The van der Waals surface area contributed by atoms with E-state index in [4.69, 9.17) is 11.6 Å². The van der Waals surface area contributed by atoms with E-state index < -0.39 is 11.2 Å². The normalized spacial score (nSPS) is 11.4. The fourth-order valence-corrected chi connectivity index (χ4v) is 4.63. The van der Waals surface area contributed by atoms with Crippen molar-refractivity contribution in [2.75, 3.05) is 0 Å². The zero-order valence-corrected chi connectivity index (χ0v) is 16.7. The monoisotopic (exact) mass is 420 g/mol. The molecule has 1 aromatic carbocycles.